The van der Waals surface area contributed by atoms with Gasteiger partial charge in [0.2, 0.25) is 5.91 Å². The summed E-state index contributed by atoms with van der Waals surface area (Å²) in [5, 5.41) is 2.93. The van der Waals surface area contributed by atoms with Crippen LogP contribution in [-0.2, 0) is 11.2 Å². The summed E-state index contributed by atoms with van der Waals surface area (Å²) in [7, 11) is 0. The molecule has 2 nitrogen and oxygen atoms in total. The molecule has 0 heterocycles. The van der Waals surface area contributed by atoms with E-state index >= 15 is 0 Å². The highest BCUT2D eigenvalue weighted by atomic mass is 16.1. The van der Waals surface area contributed by atoms with Gasteiger partial charge in [0.05, 0.1) is 0 Å². The van der Waals surface area contributed by atoms with Gasteiger partial charge in [0.1, 0.15) is 0 Å². The van der Waals surface area contributed by atoms with Gasteiger partial charge < -0.3 is 5.32 Å². The SMILES string of the molecule is C=CCCC(=O)Nc1cccc(CC/C=C(\C)CCC=C)c1. The highest BCUT2D eigenvalue weighted by Gasteiger charge is 2.01. The van der Waals surface area contributed by atoms with Gasteiger partial charge in [-0.3, -0.25) is 4.79 Å². The van der Waals surface area contributed by atoms with Crippen LogP contribution in [0.15, 0.2) is 61.2 Å². The van der Waals surface area contributed by atoms with Crippen molar-refractivity contribution in [1.82, 2.24) is 0 Å². The highest BCUT2D eigenvalue weighted by Crippen LogP contribution is 2.14. The van der Waals surface area contributed by atoms with Crippen LogP contribution in [0.5, 0.6) is 0 Å². The maximum absolute atomic E-state index is 11.7. The van der Waals surface area contributed by atoms with Crippen LogP contribution in [0.4, 0.5) is 5.69 Å². The lowest BCUT2D eigenvalue weighted by Crippen LogP contribution is -2.10. The standard InChI is InChI=1S/C20H27NO/c1-4-6-10-17(3)11-8-12-18-13-9-14-19(16-18)21-20(22)15-7-5-2/h4-5,9,11,13-14,16H,1-2,6-8,10,12,15H2,3H3,(H,21,22)/b17-11+. The molecule has 1 aromatic rings. The van der Waals surface area contributed by atoms with Gasteiger partial charge in [-0.25, -0.2) is 0 Å². The van der Waals surface area contributed by atoms with Gasteiger partial charge in [-0.2, -0.15) is 0 Å². The molecule has 0 saturated carbocycles. The van der Waals surface area contributed by atoms with E-state index in [1.165, 1.54) is 11.1 Å². The molecule has 118 valence electrons. The summed E-state index contributed by atoms with van der Waals surface area (Å²) in [5.74, 6) is 0.0391. The van der Waals surface area contributed by atoms with Crippen LogP contribution in [0.1, 0.15) is 44.6 Å². The van der Waals surface area contributed by atoms with Crippen molar-refractivity contribution in [2.75, 3.05) is 5.32 Å². The molecule has 2 heteroatoms. The normalized spacial score (nSPS) is 11.0. The third kappa shape index (κ3) is 7.63. The van der Waals surface area contributed by atoms with E-state index in [9.17, 15) is 4.79 Å². The Morgan fingerprint density at radius 1 is 1.14 bits per heavy atom. The summed E-state index contributed by atoms with van der Waals surface area (Å²) in [4.78, 5) is 11.7. The summed E-state index contributed by atoms with van der Waals surface area (Å²) in [6.45, 7) is 9.54. The molecule has 1 aromatic carbocycles. The summed E-state index contributed by atoms with van der Waals surface area (Å²) in [6.07, 6.45) is 11.3. The Kier molecular flexibility index (Phi) is 8.66. The number of anilines is 1. The number of carbonyl (C=O) groups is 1. The molecule has 0 aliphatic carbocycles. The first kappa shape index (κ1) is 18.0. The Morgan fingerprint density at radius 3 is 2.59 bits per heavy atom. The predicted octanol–water partition coefficient (Wildman–Crippen LogP) is 5.44. The van der Waals surface area contributed by atoms with Gasteiger partial charge in [0.15, 0.2) is 0 Å². The maximum Gasteiger partial charge on any atom is 0.224 e. The van der Waals surface area contributed by atoms with Crippen molar-refractivity contribution >= 4 is 11.6 Å². The fourth-order valence-corrected chi connectivity index (χ4v) is 2.18. The zero-order valence-corrected chi connectivity index (χ0v) is 13.6. The van der Waals surface area contributed by atoms with E-state index < -0.39 is 0 Å². The Labute approximate surface area is 134 Å². The topological polar surface area (TPSA) is 29.1 Å². The number of nitrogens with one attached hydrogen (secondary N) is 1. The van der Waals surface area contributed by atoms with Crippen molar-refractivity contribution in [3.8, 4) is 0 Å². The second kappa shape index (κ2) is 10.6. The van der Waals surface area contributed by atoms with Crippen molar-refractivity contribution in [3.05, 3.63) is 66.8 Å². The summed E-state index contributed by atoms with van der Waals surface area (Å²) in [5.41, 5.74) is 3.53. The van der Waals surface area contributed by atoms with Crippen molar-refractivity contribution in [3.63, 3.8) is 0 Å². The van der Waals surface area contributed by atoms with Gasteiger partial charge in [0, 0.05) is 12.1 Å². The number of amides is 1. The van der Waals surface area contributed by atoms with E-state index in [4.69, 9.17) is 0 Å². The Morgan fingerprint density at radius 2 is 1.86 bits per heavy atom. The number of benzene rings is 1. The minimum absolute atomic E-state index is 0.0391. The van der Waals surface area contributed by atoms with Gasteiger partial charge in [-0.15, -0.1) is 13.2 Å². The number of hydrogen-bond donors (Lipinski definition) is 1. The molecule has 0 fully saturated rings. The number of hydrogen-bond acceptors (Lipinski definition) is 1. The molecule has 1 amide bonds. The van der Waals surface area contributed by atoms with Crippen LogP contribution < -0.4 is 5.32 Å². The zero-order chi connectivity index (χ0) is 16.2. The molecule has 0 atom stereocenters. The second-order valence-corrected chi connectivity index (χ2v) is 5.49. The second-order valence-electron chi connectivity index (χ2n) is 5.49. The Hall–Kier alpha value is -2.09. The van der Waals surface area contributed by atoms with Gasteiger partial charge in [-0.1, -0.05) is 35.9 Å². The number of carbonyl (C=O) groups excluding carboxylic acids is 1. The van der Waals surface area contributed by atoms with E-state index in [-0.39, 0.29) is 5.91 Å². The van der Waals surface area contributed by atoms with Crippen molar-refractivity contribution in [1.29, 1.82) is 0 Å². The summed E-state index contributed by atoms with van der Waals surface area (Å²) < 4.78 is 0. The van der Waals surface area contributed by atoms with Crippen molar-refractivity contribution in [2.24, 2.45) is 0 Å². The molecule has 0 saturated heterocycles. The molecule has 22 heavy (non-hydrogen) atoms. The smallest absolute Gasteiger partial charge is 0.224 e. The molecule has 0 aromatic heterocycles. The molecule has 0 aliphatic rings. The minimum Gasteiger partial charge on any atom is -0.326 e. The number of allylic oxidation sites excluding steroid dienone is 4. The lowest BCUT2D eigenvalue weighted by molar-refractivity contribution is -0.116. The molecular formula is C20H27NO. The van der Waals surface area contributed by atoms with Crippen LogP contribution in [0.2, 0.25) is 0 Å². The van der Waals surface area contributed by atoms with Crippen molar-refractivity contribution in [2.45, 2.75) is 45.4 Å². The third-order valence-corrected chi connectivity index (χ3v) is 3.45. The molecule has 0 bridgehead atoms. The molecule has 1 N–H and O–H groups in total. The van der Waals surface area contributed by atoms with Gasteiger partial charge in [0.25, 0.3) is 0 Å². The lowest BCUT2D eigenvalue weighted by Gasteiger charge is -2.07. The largest absolute Gasteiger partial charge is 0.326 e. The van der Waals surface area contributed by atoms with Gasteiger partial charge in [-0.05, 0) is 56.7 Å². The molecule has 0 spiro atoms. The number of rotatable bonds is 10. The van der Waals surface area contributed by atoms with E-state index in [0.717, 1.165) is 31.4 Å². The molecule has 1 rings (SSSR count). The molecular weight excluding hydrogens is 270 g/mol. The van der Waals surface area contributed by atoms with Crippen LogP contribution in [0.3, 0.4) is 0 Å². The third-order valence-electron chi connectivity index (χ3n) is 3.45. The van der Waals surface area contributed by atoms with Crippen LogP contribution >= 0.6 is 0 Å². The first-order valence-corrected chi connectivity index (χ1v) is 7.92. The lowest BCUT2D eigenvalue weighted by atomic mass is 10.1. The minimum atomic E-state index is 0.0391. The van der Waals surface area contributed by atoms with Crippen molar-refractivity contribution < 1.29 is 4.79 Å². The first-order chi connectivity index (χ1) is 10.7. The average Bonchev–Trinajstić information content (AvgIpc) is 2.51. The fraction of sp³-hybridized carbons (Fsp3) is 0.350. The van der Waals surface area contributed by atoms with E-state index in [1.54, 1.807) is 6.08 Å². The van der Waals surface area contributed by atoms with Crippen LogP contribution in [0.25, 0.3) is 0 Å². The van der Waals surface area contributed by atoms with E-state index in [1.807, 2.05) is 18.2 Å². The summed E-state index contributed by atoms with van der Waals surface area (Å²) >= 11 is 0. The fourth-order valence-electron chi connectivity index (χ4n) is 2.18. The van der Waals surface area contributed by atoms with Crippen LogP contribution in [0, 0.1) is 0 Å². The maximum atomic E-state index is 11.7. The molecule has 0 aliphatic heterocycles. The predicted molar refractivity (Wildman–Crippen MR) is 96.0 cm³/mol. The Balaban J connectivity index is 2.48. The quantitative estimate of drug-likeness (QED) is 0.573. The zero-order valence-electron chi connectivity index (χ0n) is 13.6. The first-order valence-electron chi connectivity index (χ1n) is 7.92. The summed E-state index contributed by atoms with van der Waals surface area (Å²) in [6, 6.07) is 8.08. The number of aryl methyl sites for hydroxylation is 1. The molecule has 0 unspecified atom stereocenters. The average molecular weight is 297 g/mol. The molecule has 0 radical (unpaired) electrons. The van der Waals surface area contributed by atoms with E-state index in [0.29, 0.717) is 12.8 Å². The van der Waals surface area contributed by atoms with E-state index in [2.05, 4.69) is 43.6 Å². The van der Waals surface area contributed by atoms with Crippen LogP contribution in [-0.4, -0.2) is 5.91 Å². The Bertz CT molecular complexity index is 528. The van der Waals surface area contributed by atoms with Gasteiger partial charge >= 0.3 is 0 Å². The monoisotopic (exact) mass is 297 g/mol. The highest BCUT2D eigenvalue weighted by molar-refractivity contribution is 5.90.